The maximum atomic E-state index is 8.86. The van der Waals surface area contributed by atoms with Crippen LogP contribution < -0.4 is 0 Å². The van der Waals surface area contributed by atoms with Gasteiger partial charge in [0.15, 0.2) is 5.82 Å². The van der Waals surface area contributed by atoms with E-state index in [4.69, 9.17) is 5.26 Å². The van der Waals surface area contributed by atoms with Gasteiger partial charge in [0.25, 0.3) is 0 Å². The Morgan fingerprint density at radius 2 is 2.33 bits per heavy atom. The first-order valence-corrected chi connectivity index (χ1v) is 5.26. The second-order valence-electron chi connectivity index (χ2n) is 3.39. The summed E-state index contributed by atoms with van der Waals surface area (Å²) in [6.07, 6.45) is 5.72. The summed E-state index contributed by atoms with van der Waals surface area (Å²) in [5, 5.41) is 13.1. The van der Waals surface area contributed by atoms with Crippen molar-refractivity contribution < 1.29 is 0 Å². The Labute approximate surface area is 90.2 Å². The van der Waals surface area contributed by atoms with E-state index in [2.05, 4.69) is 29.7 Å². The summed E-state index contributed by atoms with van der Waals surface area (Å²) in [6.45, 7) is 6.55. The Morgan fingerprint density at radius 3 is 2.93 bits per heavy atom. The summed E-state index contributed by atoms with van der Waals surface area (Å²) in [5.41, 5.74) is 0. The molecule has 1 heterocycles. The zero-order chi connectivity index (χ0) is 11.1. The zero-order valence-electron chi connectivity index (χ0n) is 9.11. The molecular formula is C11H16N4. The Morgan fingerprint density at radius 1 is 1.53 bits per heavy atom. The molecular weight excluding hydrogens is 188 g/mol. The molecule has 0 saturated heterocycles. The third-order valence-electron chi connectivity index (χ3n) is 2.12. The van der Waals surface area contributed by atoms with Crippen molar-refractivity contribution >= 4 is 0 Å². The number of aromatic nitrogens is 3. The van der Waals surface area contributed by atoms with Crippen LogP contribution in [0.3, 0.4) is 0 Å². The number of aryl methyl sites for hydroxylation is 1. The molecule has 1 rings (SSSR count). The molecule has 0 unspecified atom stereocenters. The summed E-state index contributed by atoms with van der Waals surface area (Å²) in [7, 11) is 0. The molecule has 0 aliphatic carbocycles. The van der Waals surface area contributed by atoms with Crippen LogP contribution in [0, 0.1) is 11.3 Å². The van der Waals surface area contributed by atoms with Crippen molar-refractivity contribution in [2.75, 3.05) is 0 Å². The normalized spacial score (nSPS) is 9.87. The number of unbranched alkanes of at least 4 members (excludes halogenated alkanes) is 2. The van der Waals surface area contributed by atoms with E-state index in [-0.39, 0.29) is 0 Å². The SMILES string of the molecule is C=CCc1nc(C#N)n(CCCCC)n1. The fraction of sp³-hybridized carbons (Fsp3) is 0.545. The molecule has 4 nitrogen and oxygen atoms in total. The van der Waals surface area contributed by atoms with Gasteiger partial charge in [0.2, 0.25) is 5.82 Å². The Hall–Kier alpha value is -1.63. The predicted octanol–water partition coefficient (Wildman–Crippen LogP) is 2.07. The standard InChI is InChI=1S/C11H16N4/c1-3-5-6-8-15-11(9-12)13-10(14-15)7-4-2/h4H,2-3,5-8H2,1H3. The molecule has 0 aliphatic heterocycles. The number of nitriles is 1. The van der Waals surface area contributed by atoms with Crippen LogP contribution in [0.4, 0.5) is 0 Å². The molecule has 0 aliphatic rings. The van der Waals surface area contributed by atoms with Gasteiger partial charge in [-0.05, 0) is 6.42 Å². The van der Waals surface area contributed by atoms with Crippen LogP contribution in [0.15, 0.2) is 12.7 Å². The van der Waals surface area contributed by atoms with E-state index in [1.165, 1.54) is 0 Å². The number of rotatable bonds is 6. The van der Waals surface area contributed by atoms with Crippen molar-refractivity contribution in [2.45, 2.75) is 39.2 Å². The van der Waals surface area contributed by atoms with Gasteiger partial charge in [-0.1, -0.05) is 25.8 Å². The highest BCUT2D eigenvalue weighted by Crippen LogP contribution is 2.03. The molecule has 0 bridgehead atoms. The van der Waals surface area contributed by atoms with E-state index < -0.39 is 0 Å². The van der Waals surface area contributed by atoms with Crippen molar-refractivity contribution in [2.24, 2.45) is 0 Å². The first kappa shape index (κ1) is 11.4. The highest BCUT2D eigenvalue weighted by atomic mass is 15.3. The summed E-state index contributed by atoms with van der Waals surface area (Å²) >= 11 is 0. The van der Waals surface area contributed by atoms with E-state index in [9.17, 15) is 0 Å². The first-order valence-electron chi connectivity index (χ1n) is 5.26. The van der Waals surface area contributed by atoms with Gasteiger partial charge in [-0.25, -0.2) is 9.67 Å². The Kier molecular flexibility index (Phi) is 4.55. The van der Waals surface area contributed by atoms with Crippen molar-refractivity contribution in [3.05, 3.63) is 24.3 Å². The molecule has 0 amide bonds. The van der Waals surface area contributed by atoms with E-state index in [0.29, 0.717) is 18.1 Å². The predicted molar refractivity (Wildman–Crippen MR) is 58.2 cm³/mol. The summed E-state index contributed by atoms with van der Waals surface area (Å²) in [5.74, 6) is 1.08. The number of hydrogen-bond donors (Lipinski definition) is 0. The van der Waals surface area contributed by atoms with Crippen molar-refractivity contribution in [1.29, 1.82) is 5.26 Å². The van der Waals surface area contributed by atoms with Gasteiger partial charge in [-0.3, -0.25) is 0 Å². The second kappa shape index (κ2) is 5.97. The lowest BCUT2D eigenvalue weighted by Gasteiger charge is -1.99. The van der Waals surface area contributed by atoms with E-state index in [0.717, 1.165) is 25.8 Å². The van der Waals surface area contributed by atoms with E-state index >= 15 is 0 Å². The van der Waals surface area contributed by atoms with Gasteiger partial charge in [0.1, 0.15) is 6.07 Å². The minimum atomic E-state index is 0.406. The van der Waals surface area contributed by atoms with Crippen LogP contribution in [0.5, 0.6) is 0 Å². The van der Waals surface area contributed by atoms with Crippen molar-refractivity contribution in [3.8, 4) is 6.07 Å². The molecule has 0 saturated carbocycles. The molecule has 1 aromatic heterocycles. The third kappa shape index (κ3) is 3.21. The van der Waals surface area contributed by atoms with Gasteiger partial charge in [-0.15, -0.1) is 6.58 Å². The van der Waals surface area contributed by atoms with Crippen LogP contribution >= 0.6 is 0 Å². The second-order valence-corrected chi connectivity index (χ2v) is 3.39. The number of allylic oxidation sites excluding steroid dienone is 1. The molecule has 0 radical (unpaired) electrons. The van der Waals surface area contributed by atoms with Gasteiger partial charge in [-0.2, -0.15) is 10.4 Å². The molecule has 0 spiro atoms. The third-order valence-corrected chi connectivity index (χ3v) is 2.12. The topological polar surface area (TPSA) is 54.5 Å². The summed E-state index contributed by atoms with van der Waals surface area (Å²) in [4.78, 5) is 4.12. The van der Waals surface area contributed by atoms with Crippen LogP contribution in [0.1, 0.15) is 37.8 Å². The van der Waals surface area contributed by atoms with Crippen LogP contribution in [-0.4, -0.2) is 14.8 Å². The van der Waals surface area contributed by atoms with Gasteiger partial charge in [0.05, 0.1) is 0 Å². The van der Waals surface area contributed by atoms with E-state index in [1.54, 1.807) is 10.8 Å². The highest BCUT2D eigenvalue weighted by Gasteiger charge is 2.07. The monoisotopic (exact) mass is 204 g/mol. The lowest BCUT2D eigenvalue weighted by atomic mass is 10.2. The highest BCUT2D eigenvalue weighted by molar-refractivity contribution is 5.11. The number of nitrogens with zero attached hydrogens (tertiary/aromatic N) is 4. The molecule has 0 N–H and O–H groups in total. The molecule has 80 valence electrons. The molecule has 4 heteroatoms. The lowest BCUT2D eigenvalue weighted by molar-refractivity contribution is 0.544. The Bertz CT molecular complexity index is 359. The molecule has 15 heavy (non-hydrogen) atoms. The van der Waals surface area contributed by atoms with E-state index in [1.807, 2.05) is 0 Å². The molecule has 0 aromatic carbocycles. The molecule has 0 atom stereocenters. The fourth-order valence-electron chi connectivity index (χ4n) is 1.35. The minimum absolute atomic E-state index is 0.406. The van der Waals surface area contributed by atoms with Gasteiger partial charge >= 0.3 is 0 Å². The van der Waals surface area contributed by atoms with Gasteiger partial charge in [0, 0.05) is 13.0 Å². The summed E-state index contributed by atoms with van der Waals surface area (Å²) < 4.78 is 1.69. The maximum Gasteiger partial charge on any atom is 0.231 e. The largest absolute Gasteiger partial charge is 0.237 e. The van der Waals surface area contributed by atoms with Crippen LogP contribution in [-0.2, 0) is 13.0 Å². The minimum Gasteiger partial charge on any atom is -0.237 e. The van der Waals surface area contributed by atoms with Gasteiger partial charge < -0.3 is 0 Å². The smallest absolute Gasteiger partial charge is 0.231 e. The summed E-state index contributed by atoms with van der Waals surface area (Å²) in [6, 6.07) is 2.06. The lowest BCUT2D eigenvalue weighted by Crippen LogP contribution is -2.03. The number of hydrogen-bond acceptors (Lipinski definition) is 3. The molecule has 0 fully saturated rings. The fourth-order valence-corrected chi connectivity index (χ4v) is 1.35. The quantitative estimate of drug-likeness (QED) is 0.526. The average molecular weight is 204 g/mol. The van der Waals surface area contributed by atoms with Crippen molar-refractivity contribution in [1.82, 2.24) is 14.8 Å². The Balaban J connectivity index is 2.68. The maximum absolute atomic E-state index is 8.86. The average Bonchev–Trinajstić information content (AvgIpc) is 2.62. The van der Waals surface area contributed by atoms with Crippen molar-refractivity contribution in [3.63, 3.8) is 0 Å². The first-order chi connectivity index (χ1) is 7.31. The van der Waals surface area contributed by atoms with Crippen LogP contribution in [0.2, 0.25) is 0 Å². The zero-order valence-corrected chi connectivity index (χ0v) is 9.11. The van der Waals surface area contributed by atoms with Crippen LogP contribution in [0.25, 0.3) is 0 Å². The molecule has 1 aromatic rings.